The largest absolute Gasteiger partial charge is 0.481 e. The zero-order valence-electron chi connectivity index (χ0n) is 6.84. The van der Waals surface area contributed by atoms with Crippen LogP contribution < -0.4 is 0 Å². The summed E-state index contributed by atoms with van der Waals surface area (Å²) in [6.07, 6.45) is 5.72. The molecule has 0 rings (SSSR count). The summed E-state index contributed by atoms with van der Waals surface area (Å²) in [5.41, 5.74) is 0.916. The van der Waals surface area contributed by atoms with Gasteiger partial charge in [-0.2, -0.15) is 0 Å². The van der Waals surface area contributed by atoms with Crippen molar-refractivity contribution in [2.45, 2.75) is 26.2 Å². The summed E-state index contributed by atoms with van der Waals surface area (Å²) in [7, 11) is 0. The van der Waals surface area contributed by atoms with Gasteiger partial charge in [0.05, 0.1) is 6.42 Å². The Morgan fingerprint density at radius 1 is 1.55 bits per heavy atom. The van der Waals surface area contributed by atoms with Crippen molar-refractivity contribution >= 4 is 5.97 Å². The number of unbranched alkanes of at least 4 members (excludes halogenated alkanes) is 1. The minimum atomic E-state index is -0.766. The van der Waals surface area contributed by atoms with Crippen LogP contribution >= 0.6 is 0 Å². The second kappa shape index (κ2) is 5.71. The Hall–Kier alpha value is -1.05. The third-order valence-corrected chi connectivity index (χ3v) is 1.29. The molecule has 0 aromatic carbocycles. The van der Waals surface area contributed by atoms with Crippen molar-refractivity contribution in [1.82, 2.24) is 0 Å². The summed E-state index contributed by atoms with van der Waals surface area (Å²) in [5, 5.41) is 8.38. The molecule has 0 fully saturated rings. The van der Waals surface area contributed by atoms with Crippen molar-refractivity contribution in [2.24, 2.45) is 0 Å². The predicted molar refractivity (Wildman–Crippen MR) is 45.4 cm³/mol. The highest BCUT2D eigenvalue weighted by Crippen LogP contribution is 2.02. The van der Waals surface area contributed by atoms with Gasteiger partial charge in [0.2, 0.25) is 0 Å². The first-order chi connectivity index (χ1) is 5.16. The van der Waals surface area contributed by atoms with Gasteiger partial charge in [-0.25, -0.2) is 0 Å². The molecule has 1 N–H and O–H groups in total. The average molecular weight is 154 g/mol. The Kier molecular flexibility index (Phi) is 5.17. The smallest absolute Gasteiger partial charge is 0.307 e. The van der Waals surface area contributed by atoms with E-state index in [0.29, 0.717) is 0 Å². The average Bonchev–Trinajstić information content (AvgIpc) is 1.86. The molecule has 2 heteroatoms. The molecule has 0 heterocycles. The van der Waals surface area contributed by atoms with Crippen LogP contribution in [0.3, 0.4) is 0 Å². The molecule has 0 aliphatic heterocycles. The highest BCUT2D eigenvalue weighted by Gasteiger charge is 1.96. The van der Waals surface area contributed by atoms with Crippen LogP contribution in [-0.4, -0.2) is 11.1 Å². The molecule has 0 saturated heterocycles. The lowest BCUT2D eigenvalue weighted by Crippen LogP contribution is -1.94. The predicted octanol–water partition coefficient (Wildman–Crippen LogP) is 2.37. The summed E-state index contributed by atoms with van der Waals surface area (Å²) in [6, 6.07) is 0. The summed E-state index contributed by atoms with van der Waals surface area (Å²) < 4.78 is 0. The molecule has 0 aliphatic carbocycles. The monoisotopic (exact) mass is 154 g/mol. The third kappa shape index (κ3) is 6.84. The van der Waals surface area contributed by atoms with E-state index >= 15 is 0 Å². The van der Waals surface area contributed by atoms with Crippen LogP contribution in [0, 0.1) is 0 Å². The Labute approximate surface area is 67.2 Å². The van der Waals surface area contributed by atoms with Crippen LogP contribution in [0.1, 0.15) is 26.2 Å². The summed E-state index contributed by atoms with van der Waals surface area (Å²) >= 11 is 0. The van der Waals surface area contributed by atoms with E-state index in [4.69, 9.17) is 5.11 Å². The molecule has 0 aromatic rings. The van der Waals surface area contributed by atoms with Gasteiger partial charge in [-0.3, -0.25) is 4.79 Å². The zero-order valence-corrected chi connectivity index (χ0v) is 6.84. The molecule has 0 atom stereocenters. The van der Waals surface area contributed by atoms with E-state index in [1.807, 2.05) is 19.1 Å². The van der Waals surface area contributed by atoms with E-state index in [1.54, 1.807) is 0 Å². The molecule has 0 saturated carbocycles. The van der Waals surface area contributed by atoms with E-state index in [-0.39, 0.29) is 6.42 Å². The second-order valence-corrected chi connectivity index (χ2v) is 2.49. The van der Waals surface area contributed by atoms with E-state index in [1.165, 1.54) is 0 Å². The summed E-state index contributed by atoms with van der Waals surface area (Å²) in [6.45, 7) is 5.40. The fourth-order valence-corrected chi connectivity index (χ4v) is 0.758. The van der Waals surface area contributed by atoms with Crippen LogP contribution in [0.2, 0.25) is 0 Å². The first kappa shape index (κ1) is 9.95. The number of rotatable bonds is 5. The zero-order chi connectivity index (χ0) is 8.69. The van der Waals surface area contributed by atoms with E-state index in [2.05, 4.69) is 6.58 Å². The van der Waals surface area contributed by atoms with Gasteiger partial charge in [0.25, 0.3) is 0 Å². The number of carbonyl (C=O) groups is 1. The fourth-order valence-electron chi connectivity index (χ4n) is 0.758. The lowest BCUT2D eigenvalue weighted by molar-refractivity contribution is -0.136. The Morgan fingerprint density at radius 2 is 2.18 bits per heavy atom. The van der Waals surface area contributed by atoms with Crippen LogP contribution in [-0.2, 0) is 4.79 Å². The van der Waals surface area contributed by atoms with Gasteiger partial charge in [0, 0.05) is 0 Å². The first-order valence-electron chi connectivity index (χ1n) is 3.65. The van der Waals surface area contributed by atoms with Gasteiger partial charge in [-0.05, 0) is 19.8 Å². The minimum Gasteiger partial charge on any atom is -0.481 e. The molecule has 0 unspecified atom stereocenters. The third-order valence-electron chi connectivity index (χ3n) is 1.29. The van der Waals surface area contributed by atoms with Crippen molar-refractivity contribution < 1.29 is 9.90 Å². The van der Waals surface area contributed by atoms with Gasteiger partial charge < -0.3 is 5.11 Å². The van der Waals surface area contributed by atoms with E-state index in [0.717, 1.165) is 18.4 Å². The number of hydrogen-bond acceptors (Lipinski definition) is 1. The number of hydrogen-bond donors (Lipinski definition) is 1. The number of aliphatic carboxylic acids is 1. The molecule has 62 valence electrons. The van der Waals surface area contributed by atoms with Gasteiger partial charge in [-0.15, -0.1) is 6.58 Å². The molecule has 2 nitrogen and oxygen atoms in total. The van der Waals surface area contributed by atoms with Gasteiger partial charge in [0.1, 0.15) is 0 Å². The van der Waals surface area contributed by atoms with Crippen LogP contribution in [0.15, 0.2) is 24.3 Å². The standard InChI is InChI=1S/C9H14O2/c1-3-4-5-6-8(2)7-9(10)11/h3,6H,1,4-5,7H2,2H3,(H,10,11)/b8-6+. The maximum absolute atomic E-state index is 10.2. The molecular formula is C9H14O2. The Balaban J connectivity index is 3.62. The molecule has 11 heavy (non-hydrogen) atoms. The van der Waals surface area contributed by atoms with Crippen molar-refractivity contribution in [3.63, 3.8) is 0 Å². The SMILES string of the molecule is C=CCC/C=C(\C)CC(=O)O. The molecule has 0 aliphatic rings. The van der Waals surface area contributed by atoms with Gasteiger partial charge >= 0.3 is 5.97 Å². The van der Waals surface area contributed by atoms with Crippen molar-refractivity contribution in [2.75, 3.05) is 0 Å². The van der Waals surface area contributed by atoms with Gasteiger partial charge in [0.15, 0.2) is 0 Å². The molecular weight excluding hydrogens is 140 g/mol. The topological polar surface area (TPSA) is 37.3 Å². The second-order valence-electron chi connectivity index (χ2n) is 2.49. The number of carboxylic acid groups (broad SMARTS) is 1. The molecule has 0 amide bonds. The quantitative estimate of drug-likeness (QED) is 0.487. The Morgan fingerprint density at radius 3 is 2.64 bits per heavy atom. The maximum Gasteiger partial charge on any atom is 0.307 e. The lowest BCUT2D eigenvalue weighted by Gasteiger charge is -1.94. The van der Waals surface area contributed by atoms with Crippen molar-refractivity contribution in [1.29, 1.82) is 0 Å². The normalized spacial score (nSPS) is 11.2. The highest BCUT2D eigenvalue weighted by atomic mass is 16.4. The van der Waals surface area contributed by atoms with E-state index < -0.39 is 5.97 Å². The fraction of sp³-hybridized carbons (Fsp3) is 0.444. The van der Waals surface area contributed by atoms with Crippen LogP contribution in [0.5, 0.6) is 0 Å². The molecule has 0 spiro atoms. The Bertz CT molecular complexity index is 168. The van der Waals surface area contributed by atoms with E-state index in [9.17, 15) is 4.79 Å². The minimum absolute atomic E-state index is 0.150. The lowest BCUT2D eigenvalue weighted by atomic mass is 10.1. The maximum atomic E-state index is 10.2. The van der Waals surface area contributed by atoms with Crippen molar-refractivity contribution in [3.05, 3.63) is 24.3 Å². The summed E-state index contributed by atoms with van der Waals surface area (Å²) in [4.78, 5) is 10.2. The molecule has 0 bridgehead atoms. The summed E-state index contributed by atoms with van der Waals surface area (Å²) in [5.74, 6) is -0.766. The number of carboxylic acids is 1. The van der Waals surface area contributed by atoms with Crippen LogP contribution in [0.4, 0.5) is 0 Å². The first-order valence-corrected chi connectivity index (χ1v) is 3.65. The molecule has 0 aromatic heterocycles. The van der Waals surface area contributed by atoms with Crippen LogP contribution in [0.25, 0.3) is 0 Å². The highest BCUT2D eigenvalue weighted by molar-refractivity contribution is 5.69. The number of allylic oxidation sites excluding steroid dienone is 2. The van der Waals surface area contributed by atoms with Crippen molar-refractivity contribution in [3.8, 4) is 0 Å². The molecule has 0 radical (unpaired) electrons. The van der Waals surface area contributed by atoms with Gasteiger partial charge in [-0.1, -0.05) is 17.7 Å².